The molecule has 4 aromatic rings. The van der Waals surface area contributed by atoms with Gasteiger partial charge in [0.15, 0.2) is 0 Å². The van der Waals surface area contributed by atoms with Gasteiger partial charge in [-0.25, -0.2) is 0 Å². The maximum atomic E-state index is 9.09. The van der Waals surface area contributed by atoms with Crippen LogP contribution in [0.4, 0.5) is 0 Å². The fourth-order valence-corrected chi connectivity index (χ4v) is 4.07. The van der Waals surface area contributed by atoms with Crippen LogP contribution in [0.1, 0.15) is 40.4 Å². The van der Waals surface area contributed by atoms with Crippen molar-refractivity contribution in [3.05, 3.63) is 93.4 Å². The Labute approximate surface area is 193 Å². The average Bonchev–Trinajstić information content (AvgIpc) is 3.18. The highest BCUT2D eigenvalue weighted by Gasteiger charge is 2.10. The molecule has 2 N–H and O–H groups in total. The molecule has 6 heteroatoms. The quantitative estimate of drug-likeness (QED) is 0.358. The number of aromatic amines is 1. The molecule has 0 spiro atoms. The normalized spacial score (nSPS) is 10.9. The number of pyridine rings is 1. The van der Waals surface area contributed by atoms with Crippen LogP contribution in [0.5, 0.6) is 5.75 Å². The summed E-state index contributed by atoms with van der Waals surface area (Å²) in [6.45, 7) is 5.84. The highest BCUT2D eigenvalue weighted by molar-refractivity contribution is 6.31. The summed E-state index contributed by atoms with van der Waals surface area (Å²) >= 11 is 6.49. The zero-order chi connectivity index (χ0) is 22.5. The maximum absolute atomic E-state index is 9.09. The Balaban J connectivity index is 1.47. The van der Waals surface area contributed by atoms with E-state index in [2.05, 4.69) is 59.5 Å². The van der Waals surface area contributed by atoms with Gasteiger partial charge in [-0.1, -0.05) is 24.6 Å². The topological polar surface area (TPSA) is 73.7 Å². The lowest BCUT2D eigenvalue weighted by molar-refractivity contribution is 0.301. The van der Waals surface area contributed by atoms with Gasteiger partial charge >= 0.3 is 0 Å². The predicted octanol–water partition coefficient (Wildman–Crippen LogP) is 5.83. The number of H-pyrrole nitrogens is 1. The van der Waals surface area contributed by atoms with Crippen molar-refractivity contribution in [3.63, 3.8) is 0 Å². The third-order valence-corrected chi connectivity index (χ3v) is 5.74. The maximum Gasteiger partial charge on any atom is 0.124 e. The molecule has 0 aliphatic rings. The molecule has 0 bridgehead atoms. The molecule has 0 aliphatic heterocycles. The summed E-state index contributed by atoms with van der Waals surface area (Å²) in [4.78, 5) is 7.46. The summed E-state index contributed by atoms with van der Waals surface area (Å²) in [6.07, 6.45) is 4.08. The molecule has 0 fully saturated rings. The van der Waals surface area contributed by atoms with Gasteiger partial charge in [-0.15, -0.1) is 0 Å². The second-order valence-electron chi connectivity index (χ2n) is 7.86. The van der Waals surface area contributed by atoms with E-state index in [4.69, 9.17) is 21.6 Å². The molecule has 2 aromatic heterocycles. The molecule has 4 rings (SSSR count). The van der Waals surface area contributed by atoms with Crippen molar-refractivity contribution in [2.75, 3.05) is 0 Å². The number of nitriles is 1. The summed E-state index contributed by atoms with van der Waals surface area (Å²) in [6, 6.07) is 16.5. The first kappa shape index (κ1) is 21.9. The van der Waals surface area contributed by atoms with Crippen molar-refractivity contribution in [2.24, 2.45) is 0 Å². The zero-order valence-corrected chi connectivity index (χ0v) is 19.0. The minimum atomic E-state index is 0.337. The van der Waals surface area contributed by atoms with Crippen LogP contribution in [0, 0.1) is 18.3 Å². The first-order valence-electron chi connectivity index (χ1n) is 10.6. The minimum absolute atomic E-state index is 0.337. The molecule has 5 nitrogen and oxygen atoms in total. The highest BCUT2D eigenvalue weighted by Crippen LogP contribution is 2.29. The van der Waals surface area contributed by atoms with E-state index in [0.29, 0.717) is 18.7 Å². The van der Waals surface area contributed by atoms with Gasteiger partial charge in [-0.2, -0.15) is 5.26 Å². The van der Waals surface area contributed by atoms with Gasteiger partial charge in [0, 0.05) is 52.8 Å². The van der Waals surface area contributed by atoms with E-state index in [-0.39, 0.29) is 0 Å². The van der Waals surface area contributed by atoms with Gasteiger partial charge < -0.3 is 15.0 Å². The summed E-state index contributed by atoms with van der Waals surface area (Å²) in [5.41, 5.74) is 6.94. The standard InChI is InChI=1S/C26H25ClN4O/c1-3-21-10-26(32-16-20-7-19(11-28)13-29-14-20)23(9-24(21)27)15-30-12-18-4-5-25-22(8-18)6-17(2)31-25/h4-10,13-14,30-31H,3,12,15-16H2,1-2H3. The van der Waals surface area contributed by atoms with Crippen molar-refractivity contribution in [3.8, 4) is 11.8 Å². The number of aromatic nitrogens is 2. The van der Waals surface area contributed by atoms with Gasteiger partial charge in [0.2, 0.25) is 0 Å². The number of rotatable bonds is 8. The molecule has 0 amide bonds. The largest absolute Gasteiger partial charge is 0.489 e. The average molecular weight is 445 g/mol. The van der Waals surface area contributed by atoms with Crippen molar-refractivity contribution in [2.45, 2.75) is 40.0 Å². The van der Waals surface area contributed by atoms with E-state index >= 15 is 0 Å². The lowest BCUT2D eigenvalue weighted by atomic mass is 10.1. The number of nitrogens with zero attached hydrogens (tertiary/aromatic N) is 2. The first-order valence-corrected chi connectivity index (χ1v) is 11.0. The van der Waals surface area contributed by atoms with Gasteiger partial charge in [0.25, 0.3) is 0 Å². The number of fused-ring (bicyclic) bond motifs is 1. The number of halogens is 1. The molecule has 32 heavy (non-hydrogen) atoms. The smallest absolute Gasteiger partial charge is 0.124 e. The van der Waals surface area contributed by atoms with Gasteiger partial charge in [0.1, 0.15) is 18.4 Å². The Hall–Kier alpha value is -3.33. The van der Waals surface area contributed by atoms with E-state index in [1.165, 1.54) is 10.9 Å². The van der Waals surface area contributed by atoms with Crippen LogP contribution in [0.15, 0.2) is 54.9 Å². The lowest BCUT2D eigenvalue weighted by Crippen LogP contribution is -2.14. The number of hydrogen-bond acceptors (Lipinski definition) is 4. The first-order chi connectivity index (χ1) is 15.6. The molecule has 2 heterocycles. The second kappa shape index (κ2) is 9.86. The molecule has 0 saturated heterocycles. The molecule has 0 atom stereocenters. The van der Waals surface area contributed by atoms with Crippen LogP contribution in [0.2, 0.25) is 5.02 Å². The van der Waals surface area contributed by atoms with Gasteiger partial charge in [-0.3, -0.25) is 4.98 Å². The van der Waals surface area contributed by atoms with Crippen molar-refractivity contribution in [1.82, 2.24) is 15.3 Å². The van der Waals surface area contributed by atoms with E-state index in [1.54, 1.807) is 18.5 Å². The second-order valence-corrected chi connectivity index (χ2v) is 8.27. The van der Waals surface area contributed by atoms with E-state index in [9.17, 15) is 0 Å². The van der Waals surface area contributed by atoms with E-state index < -0.39 is 0 Å². The Kier molecular flexibility index (Phi) is 6.75. The third kappa shape index (κ3) is 5.11. The molecule has 0 aliphatic carbocycles. The van der Waals surface area contributed by atoms with Gasteiger partial charge in [-0.05, 0) is 66.3 Å². The summed E-state index contributed by atoms with van der Waals surface area (Å²) < 4.78 is 6.13. The fraction of sp³-hybridized carbons (Fsp3) is 0.231. The summed E-state index contributed by atoms with van der Waals surface area (Å²) in [7, 11) is 0. The van der Waals surface area contributed by atoms with E-state index in [1.807, 2.05) is 12.1 Å². The number of aryl methyl sites for hydroxylation is 2. The number of hydrogen-bond donors (Lipinski definition) is 2. The van der Waals surface area contributed by atoms with Crippen LogP contribution in [0.3, 0.4) is 0 Å². The third-order valence-electron chi connectivity index (χ3n) is 5.39. The zero-order valence-electron chi connectivity index (χ0n) is 18.2. The minimum Gasteiger partial charge on any atom is -0.489 e. The Morgan fingerprint density at radius 3 is 2.75 bits per heavy atom. The SMILES string of the molecule is CCc1cc(OCc2cncc(C#N)c2)c(CNCc2ccc3[nH]c(C)cc3c2)cc1Cl. The van der Waals surface area contributed by atoms with Crippen molar-refractivity contribution < 1.29 is 4.74 Å². The Morgan fingerprint density at radius 2 is 1.94 bits per heavy atom. The molecule has 2 aromatic carbocycles. The van der Waals surface area contributed by atoms with Crippen LogP contribution in [0.25, 0.3) is 10.9 Å². The lowest BCUT2D eigenvalue weighted by Gasteiger charge is -2.15. The molecule has 0 saturated carbocycles. The summed E-state index contributed by atoms with van der Waals surface area (Å²) in [5, 5.41) is 14.6. The molecular formula is C26H25ClN4O. The fourth-order valence-electron chi connectivity index (χ4n) is 3.75. The van der Waals surface area contributed by atoms with Crippen LogP contribution in [-0.2, 0) is 26.1 Å². The highest BCUT2D eigenvalue weighted by atomic mass is 35.5. The molecule has 162 valence electrons. The predicted molar refractivity (Wildman–Crippen MR) is 128 cm³/mol. The Morgan fingerprint density at radius 1 is 1.06 bits per heavy atom. The molecule has 0 unspecified atom stereocenters. The number of ether oxygens (including phenoxy) is 1. The van der Waals surface area contributed by atoms with Crippen LogP contribution < -0.4 is 10.1 Å². The molecular weight excluding hydrogens is 420 g/mol. The Bertz CT molecular complexity index is 1290. The number of nitrogens with one attached hydrogen (secondary N) is 2. The summed E-state index contributed by atoms with van der Waals surface area (Å²) in [5.74, 6) is 0.790. The molecule has 0 radical (unpaired) electrons. The van der Waals surface area contributed by atoms with Gasteiger partial charge in [0.05, 0.1) is 5.56 Å². The van der Waals surface area contributed by atoms with Crippen LogP contribution in [-0.4, -0.2) is 9.97 Å². The van der Waals surface area contributed by atoms with Crippen molar-refractivity contribution in [1.29, 1.82) is 5.26 Å². The monoisotopic (exact) mass is 444 g/mol. The number of benzene rings is 2. The van der Waals surface area contributed by atoms with Crippen LogP contribution >= 0.6 is 11.6 Å². The van der Waals surface area contributed by atoms with E-state index in [0.717, 1.165) is 51.6 Å². The van der Waals surface area contributed by atoms with Crippen molar-refractivity contribution >= 4 is 22.5 Å².